The molecule has 0 saturated heterocycles. The topological polar surface area (TPSA) is 84.1 Å². The number of rotatable bonds is 5. The van der Waals surface area contributed by atoms with Gasteiger partial charge < -0.3 is 16.0 Å². The maximum Gasteiger partial charge on any atom is 0.239 e. The number of aromatic nitrogens is 2. The number of likely N-dealkylation sites (N-methyl/N-ethyl adjacent to an activating group) is 1. The van der Waals surface area contributed by atoms with E-state index in [9.17, 15) is 4.79 Å². The molecule has 1 aliphatic rings. The van der Waals surface area contributed by atoms with E-state index in [0.29, 0.717) is 18.4 Å². The molecule has 0 aliphatic heterocycles. The number of hydrogen-bond donors (Lipinski definition) is 2. The third kappa shape index (κ3) is 3.13. The highest BCUT2D eigenvalue weighted by atomic mass is 16.2. The Balaban J connectivity index is 1.97. The summed E-state index contributed by atoms with van der Waals surface area (Å²) < 4.78 is 0. The van der Waals surface area contributed by atoms with Crippen molar-refractivity contribution in [3.8, 4) is 0 Å². The summed E-state index contributed by atoms with van der Waals surface area (Å²) in [7, 11) is 1.82. The van der Waals surface area contributed by atoms with E-state index >= 15 is 0 Å². The van der Waals surface area contributed by atoms with Crippen LogP contribution in [0, 0.1) is 0 Å². The first-order valence-corrected chi connectivity index (χ1v) is 5.72. The van der Waals surface area contributed by atoms with Crippen LogP contribution >= 0.6 is 0 Å². The SMILES string of the molecule is CN(CC(=O)NC1CC1)c1nnccc1CN. The molecule has 1 aromatic rings. The van der Waals surface area contributed by atoms with E-state index < -0.39 is 0 Å². The van der Waals surface area contributed by atoms with Gasteiger partial charge in [0.15, 0.2) is 5.82 Å². The van der Waals surface area contributed by atoms with Gasteiger partial charge in [-0.05, 0) is 18.9 Å². The van der Waals surface area contributed by atoms with Gasteiger partial charge in [0.25, 0.3) is 0 Å². The predicted octanol–water partition coefficient (Wildman–Crippen LogP) is -0.350. The van der Waals surface area contributed by atoms with Crippen LogP contribution in [0.4, 0.5) is 5.82 Å². The number of carbonyl (C=O) groups excluding carboxylic acids is 1. The van der Waals surface area contributed by atoms with Crippen molar-refractivity contribution in [1.29, 1.82) is 0 Å². The van der Waals surface area contributed by atoms with Crippen molar-refractivity contribution in [3.05, 3.63) is 17.8 Å². The molecule has 1 heterocycles. The van der Waals surface area contributed by atoms with Crippen molar-refractivity contribution in [2.45, 2.75) is 25.4 Å². The molecule has 0 atom stereocenters. The zero-order valence-corrected chi connectivity index (χ0v) is 9.89. The molecule has 1 fully saturated rings. The average molecular weight is 235 g/mol. The average Bonchev–Trinajstić information content (AvgIpc) is 3.12. The lowest BCUT2D eigenvalue weighted by Gasteiger charge is -2.19. The summed E-state index contributed by atoms with van der Waals surface area (Å²) in [6.45, 7) is 0.668. The van der Waals surface area contributed by atoms with Gasteiger partial charge in [0.2, 0.25) is 5.91 Å². The highest BCUT2D eigenvalue weighted by molar-refractivity contribution is 5.81. The van der Waals surface area contributed by atoms with Crippen molar-refractivity contribution in [2.75, 3.05) is 18.5 Å². The second-order valence-electron chi connectivity index (χ2n) is 4.28. The fourth-order valence-corrected chi connectivity index (χ4v) is 1.62. The number of anilines is 1. The third-order valence-electron chi connectivity index (χ3n) is 2.69. The van der Waals surface area contributed by atoms with Gasteiger partial charge in [0.1, 0.15) is 0 Å². The molecular weight excluding hydrogens is 218 g/mol. The summed E-state index contributed by atoms with van der Waals surface area (Å²) in [5.74, 6) is 0.685. The van der Waals surface area contributed by atoms with Gasteiger partial charge in [0, 0.05) is 25.2 Å². The molecule has 1 saturated carbocycles. The number of carbonyl (C=O) groups is 1. The van der Waals surface area contributed by atoms with Crippen LogP contribution < -0.4 is 16.0 Å². The van der Waals surface area contributed by atoms with Crippen molar-refractivity contribution >= 4 is 11.7 Å². The minimum Gasteiger partial charge on any atom is -0.352 e. The normalized spacial score (nSPS) is 14.5. The van der Waals surface area contributed by atoms with Gasteiger partial charge in [0.05, 0.1) is 12.7 Å². The minimum atomic E-state index is 0.0172. The van der Waals surface area contributed by atoms with E-state index in [0.717, 1.165) is 18.4 Å². The molecule has 17 heavy (non-hydrogen) atoms. The van der Waals surface area contributed by atoms with Crippen LogP contribution in [0.1, 0.15) is 18.4 Å². The van der Waals surface area contributed by atoms with Crippen LogP contribution in [0.3, 0.4) is 0 Å². The number of amides is 1. The molecule has 0 bridgehead atoms. The summed E-state index contributed by atoms with van der Waals surface area (Å²) in [5.41, 5.74) is 6.51. The van der Waals surface area contributed by atoms with E-state index in [2.05, 4.69) is 15.5 Å². The van der Waals surface area contributed by atoms with Gasteiger partial charge in [-0.25, -0.2) is 0 Å². The lowest BCUT2D eigenvalue weighted by molar-refractivity contribution is -0.119. The van der Waals surface area contributed by atoms with Crippen LogP contribution in [-0.4, -0.2) is 35.7 Å². The monoisotopic (exact) mass is 235 g/mol. The number of nitrogens with zero attached hydrogens (tertiary/aromatic N) is 3. The maximum atomic E-state index is 11.6. The Morgan fingerprint density at radius 1 is 1.65 bits per heavy atom. The largest absolute Gasteiger partial charge is 0.352 e. The Labute approximate surface area is 100 Å². The molecule has 0 radical (unpaired) electrons. The summed E-state index contributed by atoms with van der Waals surface area (Å²) in [6, 6.07) is 2.20. The lowest BCUT2D eigenvalue weighted by Crippen LogP contribution is -2.37. The van der Waals surface area contributed by atoms with Crippen LogP contribution in [0.5, 0.6) is 0 Å². The summed E-state index contributed by atoms with van der Waals surface area (Å²) in [6.07, 6.45) is 3.78. The Morgan fingerprint density at radius 3 is 3.06 bits per heavy atom. The third-order valence-corrected chi connectivity index (χ3v) is 2.69. The number of nitrogens with one attached hydrogen (secondary N) is 1. The Kier molecular flexibility index (Phi) is 3.53. The zero-order valence-electron chi connectivity index (χ0n) is 9.89. The first kappa shape index (κ1) is 11.8. The van der Waals surface area contributed by atoms with Crippen molar-refractivity contribution < 1.29 is 4.79 Å². The number of hydrogen-bond acceptors (Lipinski definition) is 5. The molecular formula is C11H17N5O. The zero-order chi connectivity index (χ0) is 12.3. The highest BCUT2D eigenvalue weighted by Crippen LogP contribution is 2.19. The van der Waals surface area contributed by atoms with Crippen molar-refractivity contribution in [1.82, 2.24) is 15.5 Å². The Morgan fingerprint density at radius 2 is 2.41 bits per heavy atom. The number of nitrogens with two attached hydrogens (primary N) is 1. The van der Waals surface area contributed by atoms with Gasteiger partial charge in [-0.1, -0.05) is 0 Å². The van der Waals surface area contributed by atoms with Gasteiger partial charge in [-0.2, -0.15) is 5.10 Å². The summed E-state index contributed by atoms with van der Waals surface area (Å²) >= 11 is 0. The summed E-state index contributed by atoms with van der Waals surface area (Å²) in [5, 5.41) is 10.8. The molecule has 0 aromatic carbocycles. The van der Waals surface area contributed by atoms with Gasteiger partial charge >= 0.3 is 0 Å². The Hall–Kier alpha value is -1.69. The molecule has 1 aliphatic carbocycles. The highest BCUT2D eigenvalue weighted by Gasteiger charge is 2.24. The minimum absolute atomic E-state index is 0.0172. The van der Waals surface area contributed by atoms with E-state index in [1.165, 1.54) is 0 Å². The molecule has 92 valence electrons. The molecule has 0 unspecified atom stereocenters. The molecule has 1 aromatic heterocycles. The second kappa shape index (κ2) is 5.09. The smallest absolute Gasteiger partial charge is 0.239 e. The van der Waals surface area contributed by atoms with Gasteiger partial charge in [-0.3, -0.25) is 4.79 Å². The maximum absolute atomic E-state index is 11.6. The molecule has 3 N–H and O–H groups in total. The second-order valence-corrected chi connectivity index (χ2v) is 4.28. The van der Waals surface area contributed by atoms with E-state index in [1.54, 1.807) is 11.1 Å². The van der Waals surface area contributed by atoms with Crippen LogP contribution in [0.15, 0.2) is 12.3 Å². The van der Waals surface area contributed by atoms with Crippen LogP contribution in [0.2, 0.25) is 0 Å². The molecule has 2 rings (SSSR count). The molecule has 1 amide bonds. The van der Waals surface area contributed by atoms with Crippen molar-refractivity contribution in [3.63, 3.8) is 0 Å². The fourth-order valence-electron chi connectivity index (χ4n) is 1.62. The molecule has 6 nitrogen and oxygen atoms in total. The van der Waals surface area contributed by atoms with Crippen molar-refractivity contribution in [2.24, 2.45) is 5.73 Å². The molecule has 0 spiro atoms. The van der Waals surface area contributed by atoms with Crippen LogP contribution in [-0.2, 0) is 11.3 Å². The first-order valence-electron chi connectivity index (χ1n) is 5.72. The lowest BCUT2D eigenvalue weighted by atomic mass is 10.2. The first-order chi connectivity index (χ1) is 8.20. The standard InChI is InChI=1S/C11H17N5O/c1-16(7-10(17)14-9-2-3-9)11-8(6-12)4-5-13-15-11/h4-5,9H,2-3,6-7,12H2,1H3,(H,14,17). The Bertz CT molecular complexity index is 405. The fraction of sp³-hybridized carbons (Fsp3) is 0.545. The molecule has 6 heteroatoms. The van der Waals surface area contributed by atoms with E-state index in [1.807, 2.05) is 13.1 Å². The predicted molar refractivity (Wildman–Crippen MR) is 64.4 cm³/mol. The van der Waals surface area contributed by atoms with E-state index in [4.69, 9.17) is 5.73 Å². The van der Waals surface area contributed by atoms with Gasteiger partial charge in [-0.15, -0.1) is 5.10 Å². The quantitative estimate of drug-likeness (QED) is 0.728. The summed E-state index contributed by atoms with van der Waals surface area (Å²) in [4.78, 5) is 13.4. The van der Waals surface area contributed by atoms with Crippen LogP contribution in [0.25, 0.3) is 0 Å². The van der Waals surface area contributed by atoms with E-state index in [-0.39, 0.29) is 12.5 Å².